The number of hydrogen-bond acceptors (Lipinski definition) is 4. The Hall–Kier alpha value is -0.650. The molecule has 1 atom stereocenters. The van der Waals surface area contributed by atoms with E-state index in [4.69, 9.17) is 10.5 Å². The van der Waals surface area contributed by atoms with Gasteiger partial charge in [0, 0.05) is 13.1 Å². The minimum atomic E-state index is -0.202. The summed E-state index contributed by atoms with van der Waals surface area (Å²) in [6.45, 7) is 9.06. The zero-order chi connectivity index (χ0) is 13.7. The molecule has 2 aliphatic heterocycles. The fourth-order valence-corrected chi connectivity index (χ4v) is 3.00. The standard InChI is InChI=1S/C14H27N3O2/c1-12(14(15)18)17-6-3-13(4-7-17)2-5-16-8-10-19-11-9-16/h12-13H,2-11H2,1H3,(H2,15,18)/t12-/m0/s1. The van der Waals surface area contributed by atoms with Crippen molar-refractivity contribution < 1.29 is 9.53 Å². The highest BCUT2D eigenvalue weighted by Crippen LogP contribution is 2.22. The fraction of sp³-hybridized carbons (Fsp3) is 0.929. The van der Waals surface area contributed by atoms with Crippen LogP contribution in [0.5, 0.6) is 0 Å². The number of likely N-dealkylation sites (tertiary alicyclic amines) is 1. The Bertz CT molecular complexity index is 284. The van der Waals surface area contributed by atoms with E-state index in [2.05, 4.69) is 9.80 Å². The molecule has 0 unspecified atom stereocenters. The van der Waals surface area contributed by atoms with Gasteiger partial charge in [-0.15, -0.1) is 0 Å². The molecule has 5 nitrogen and oxygen atoms in total. The van der Waals surface area contributed by atoms with Crippen LogP contribution in [0.1, 0.15) is 26.2 Å². The maximum atomic E-state index is 11.2. The number of ether oxygens (including phenoxy) is 1. The average molecular weight is 269 g/mol. The first-order valence-corrected chi connectivity index (χ1v) is 7.50. The summed E-state index contributed by atoms with van der Waals surface area (Å²) in [5, 5.41) is 0. The van der Waals surface area contributed by atoms with Crippen LogP contribution in [0.3, 0.4) is 0 Å². The molecule has 0 radical (unpaired) electrons. The predicted molar refractivity (Wildman–Crippen MR) is 74.8 cm³/mol. The van der Waals surface area contributed by atoms with Crippen LogP contribution in [0.15, 0.2) is 0 Å². The second-order valence-corrected chi connectivity index (χ2v) is 5.80. The molecule has 1 amide bonds. The van der Waals surface area contributed by atoms with Crippen molar-refractivity contribution in [3.63, 3.8) is 0 Å². The Labute approximate surface area is 116 Å². The number of hydrogen-bond donors (Lipinski definition) is 1. The van der Waals surface area contributed by atoms with Crippen molar-refractivity contribution in [1.29, 1.82) is 0 Å². The van der Waals surface area contributed by atoms with E-state index in [9.17, 15) is 4.79 Å². The van der Waals surface area contributed by atoms with E-state index >= 15 is 0 Å². The molecule has 2 heterocycles. The topological polar surface area (TPSA) is 58.8 Å². The molecule has 19 heavy (non-hydrogen) atoms. The van der Waals surface area contributed by atoms with E-state index < -0.39 is 0 Å². The molecule has 0 aromatic rings. The van der Waals surface area contributed by atoms with E-state index in [1.165, 1.54) is 25.8 Å². The smallest absolute Gasteiger partial charge is 0.234 e. The monoisotopic (exact) mass is 269 g/mol. The third-order valence-corrected chi connectivity index (χ3v) is 4.57. The lowest BCUT2D eigenvalue weighted by molar-refractivity contribution is -0.123. The van der Waals surface area contributed by atoms with Crippen molar-refractivity contribution in [3.8, 4) is 0 Å². The van der Waals surface area contributed by atoms with Crippen molar-refractivity contribution in [3.05, 3.63) is 0 Å². The summed E-state index contributed by atoms with van der Waals surface area (Å²) in [5.41, 5.74) is 5.36. The second-order valence-electron chi connectivity index (χ2n) is 5.80. The second kappa shape index (κ2) is 7.22. The molecule has 2 fully saturated rings. The minimum Gasteiger partial charge on any atom is -0.379 e. The lowest BCUT2D eigenvalue weighted by Crippen LogP contribution is -2.47. The molecule has 0 aromatic carbocycles. The summed E-state index contributed by atoms with van der Waals surface area (Å²) >= 11 is 0. The van der Waals surface area contributed by atoms with Gasteiger partial charge in [-0.05, 0) is 51.7 Å². The molecule has 2 aliphatic rings. The van der Waals surface area contributed by atoms with Crippen molar-refractivity contribution >= 4 is 5.91 Å². The van der Waals surface area contributed by atoms with Gasteiger partial charge in [0.25, 0.3) is 0 Å². The number of piperidine rings is 1. The molecular weight excluding hydrogens is 242 g/mol. The Morgan fingerprint density at radius 2 is 1.89 bits per heavy atom. The molecule has 0 aliphatic carbocycles. The van der Waals surface area contributed by atoms with E-state index in [-0.39, 0.29) is 11.9 Å². The number of primary amides is 1. The van der Waals surface area contributed by atoms with Gasteiger partial charge in [-0.25, -0.2) is 0 Å². The normalized spacial score (nSPS) is 25.3. The molecular formula is C14H27N3O2. The van der Waals surface area contributed by atoms with E-state index in [1.807, 2.05) is 6.92 Å². The summed E-state index contributed by atoms with van der Waals surface area (Å²) in [6.07, 6.45) is 3.67. The first-order valence-electron chi connectivity index (χ1n) is 7.50. The maximum absolute atomic E-state index is 11.2. The molecule has 0 aromatic heterocycles. The van der Waals surface area contributed by atoms with Gasteiger partial charge in [-0.2, -0.15) is 0 Å². The van der Waals surface area contributed by atoms with Gasteiger partial charge in [0.1, 0.15) is 0 Å². The first kappa shape index (κ1) is 14.8. The number of carbonyl (C=O) groups is 1. The van der Waals surface area contributed by atoms with Crippen molar-refractivity contribution in [2.45, 2.75) is 32.2 Å². The van der Waals surface area contributed by atoms with Crippen LogP contribution >= 0.6 is 0 Å². The van der Waals surface area contributed by atoms with Gasteiger partial charge in [0.05, 0.1) is 19.3 Å². The first-order chi connectivity index (χ1) is 9.16. The fourth-order valence-electron chi connectivity index (χ4n) is 3.00. The third-order valence-electron chi connectivity index (χ3n) is 4.57. The van der Waals surface area contributed by atoms with Crippen LogP contribution < -0.4 is 5.73 Å². The number of nitrogens with zero attached hydrogens (tertiary/aromatic N) is 2. The Balaban J connectivity index is 1.64. The molecule has 0 saturated carbocycles. The Morgan fingerprint density at radius 1 is 1.26 bits per heavy atom. The lowest BCUT2D eigenvalue weighted by Gasteiger charge is -2.35. The van der Waals surface area contributed by atoms with E-state index in [0.717, 1.165) is 45.3 Å². The number of carbonyl (C=O) groups excluding carboxylic acids is 1. The zero-order valence-electron chi connectivity index (χ0n) is 12.0. The number of nitrogens with two attached hydrogens (primary N) is 1. The van der Waals surface area contributed by atoms with Gasteiger partial charge in [0.2, 0.25) is 5.91 Å². The number of morpholine rings is 1. The van der Waals surface area contributed by atoms with Gasteiger partial charge in [-0.3, -0.25) is 14.6 Å². The lowest BCUT2D eigenvalue weighted by atomic mass is 9.92. The quantitative estimate of drug-likeness (QED) is 0.779. The maximum Gasteiger partial charge on any atom is 0.234 e. The summed E-state index contributed by atoms with van der Waals surface area (Å²) < 4.78 is 5.36. The summed E-state index contributed by atoms with van der Waals surface area (Å²) in [6, 6.07) is -0.111. The molecule has 2 N–H and O–H groups in total. The predicted octanol–water partition coefficient (Wildman–Crippen LogP) is 0.295. The highest BCUT2D eigenvalue weighted by atomic mass is 16.5. The van der Waals surface area contributed by atoms with Crippen LogP contribution in [-0.4, -0.2) is 67.7 Å². The molecule has 110 valence electrons. The Kier molecular flexibility index (Phi) is 5.60. The Morgan fingerprint density at radius 3 is 2.47 bits per heavy atom. The van der Waals surface area contributed by atoms with Gasteiger partial charge in [0.15, 0.2) is 0 Å². The van der Waals surface area contributed by atoms with Gasteiger partial charge < -0.3 is 10.5 Å². The molecule has 5 heteroatoms. The van der Waals surface area contributed by atoms with Crippen LogP contribution in [0, 0.1) is 5.92 Å². The van der Waals surface area contributed by atoms with Crippen molar-refractivity contribution in [2.24, 2.45) is 11.7 Å². The molecule has 2 rings (SSSR count). The average Bonchev–Trinajstić information content (AvgIpc) is 2.46. The molecule has 0 spiro atoms. The number of rotatable bonds is 5. The van der Waals surface area contributed by atoms with Crippen molar-refractivity contribution in [1.82, 2.24) is 9.80 Å². The van der Waals surface area contributed by atoms with Gasteiger partial charge in [-0.1, -0.05) is 0 Å². The number of amides is 1. The highest BCUT2D eigenvalue weighted by Gasteiger charge is 2.25. The summed E-state index contributed by atoms with van der Waals surface area (Å²) in [5.74, 6) is 0.603. The summed E-state index contributed by atoms with van der Waals surface area (Å²) in [4.78, 5) is 15.9. The SMILES string of the molecule is C[C@@H](C(N)=O)N1CCC(CCN2CCOCC2)CC1. The van der Waals surface area contributed by atoms with Gasteiger partial charge >= 0.3 is 0 Å². The van der Waals surface area contributed by atoms with E-state index in [1.54, 1.807) is 0 Å². The molecule has 0 bridgehead atoms. The third kappa shape index (κ3) is 4.44. The van der Waals surface area contributed by atoms with Crippen molar-refractivity contribution in [2.75, 3.05) is 45.9 Å². The minimum absolute atomic E-state index is 0.111. The van der Waals surface area contributed by atoms with Crippen LogP contribution in [0.2, 0.25) is 0 Å². The summed E-state index contributed by atoms with van der Waals surface area (Å²) in [7, 11) is 0. The van der Waals surface area contributed by atoms with Crippen LogP contribution in [0.4, 0.5) is 0 Å². The van der Waals surface area contributed by atoms with Crippen LogP contribution in [-0.2, 0) is 9.53 Å². The zero-order valence-corrected chi connectivity index (χ0v) is 12.0. The van der Waals surface area contributed by atoms with Crippen LogP contribution in [0.25, 0.3) is 0 Å². The largest absolute Gasteiger partial charge is 0.379 e. The van der Waals surface area contributed by atoms with E-state index in [0.29, 0.717) is 0 Å². The highest BCUT2D eigenvalue weighted by molar-refractivity contribution is 5.79. The molecule has 2 saturated heterocycles.